The smallest absolute Gasteiger partial charge is 0.251 e. The van der Waals surface area contributed by atoms with Crippen molar-refractivity contribution in [1.29, 1.82) is 0 Å². The third-order valence-corrected chi connectivity index (χ3v) is 9.13. The standard InChI is InChI=1S/C38H51N5O3/c1-40(2)21-6-28-46-36-15-11-33(12-16-36)29-41-22-18-35(19-23-41)38(45)43-26-24-42(25-27-43)30-32-9-13-34(14-10-32)37(44)39-20-17-31-7-4-3-5-8-31/h3-5,7-16,35H,6,17-30H2,1-2H3,(H,39,44). The van der Waals surface area contributed by atoms with Crippen molar-refractivity contribution in [3.8, 4) is 5.75 Å². The summed E-state index contributed by atoms with van der Waals surface area (Å²) in [6.07, 6.45) is 3.70. The van der Waals surface area contributed by atoms with Gasteiger partial charge in [0.1, 0.15) is 5.75 Å². The Morgan fingerprint density at radius 1 is 0.761 bits per heavy atom. The molecule has 0 unspecified atom stereocenters. The third kappa shape index (κ3) is 10.4. The maximum atomic E-state index is 13.4. The molecule has 2 amide bonds. The summed E-state index contributed by atoms with van der Waals surface area (Å²) in [5, 5.41) is 3.02. The Balaban J connectivity index is 0.968. The van der Waals surface area contributed by atoms with Crippen LogP contribution in [0.2, 0.25) is 0 Å². The zero-order chi connectivity index (χ0) is 32.1. The number of ether oxygens (including phenoxy) is 1. The first kappa shape index (κ1) is 33.6. The average Bonchev–Trinajstić information content (AvgIpc) is 3.08. The van der Waals surface area contributed by atoms with E-state index >= 15 is 0 Å². The molecule has 46 heavy (non-hydrogen) atoms. The normalized spacial score (nSPS) is 16.5. The number of piperidine rings is 1. The molecule has 5 rings (SSSR count). The van der Waals surface area contributed by atoms with Crippen LogP contribution in [-0.4, -0.2) is 104 Å². The molecule has 2 fully saturated rings. The summed E-state index contributed by atoms with van der Waals surface area (Å²) in [6.45, 7) is 9.37. The number of rotatable bonds is 14. The third-order valence-electron chi connectivity index (χ3n) is 9.13. The maximum Gasteiger partial charge on any atom is 0.251 e. The van der Waals surface area contributed by atoms with E-state index in [1.165, 1.54) is 16.7 Å². The van der Waals surface area contributed by atoms with Gasteiger partial charge in [-0.1, -0.05) is 54.6 Å². The first-order valence-corrected chi connectivity index (χ1v) is 16.9. The number of amides is 2. The molecule has 3 aromatic rings. The summed E-state index contributed by atoms with van der Waals surface area (Å²) in [5.74, 6) is 1.36. The minimum atomic E-state index is -0.0358. The molecular formula is C38H51N5O3. The van der Waals surface area contributed by atoms with Crippen molar-refractivity contribution in [3.05, 3.63) is 101 Å². The Morgan fingerprint density at radius 2 is 1.37 bits per heavy atom. The molecule has 8 heteroatoms. The molecule has 1 N–H and O–H groups in total. The first-order valence-electron chi connectivity index (χ1n) is 16.9. The van der Waals surface area contributed by atoms with Crippen LogP contribution < -0.4 is 10.1 Å². The summed E-state index contributed by atoms with van der Waals surface area (Å²) < 4.78 is 5.87. The van der Waals surface area contributed by atoms with E-state index in [-0.39, 0.29) is 11.8 Å². The van der Waals surface area contributed by atoms with Crippen LogP contribution in [0.3, 0.4) is 0 Å². The first-order chi connectivity index (χ1) is 22.4. The van der Waals surface area contributed by atoms with Gasteiger partial charge in [0.25, 0.3) is 5.91 Å². The lowest BCUT2D eigenvalue weighted by atomic mass is 9.94. The van der Waals surface area contributed by atoms with Crippen molar-refractivity contribution < 1.29 is 14.3 Å². The molecule has 2 saturated heterocycles. The summed E-state index contributed by atoms with van der Waals surface area (Å²) >= 11 is 0. The van der Waals surface area contributed by atoms with E-state index in [2.05, 4.69) is 75.4 Å². The van der Waals surface area contributed by atoms with Gasteiger partial charge in [0, 0.05) is 63.8 Å². The van der Waals surface area contributed by atoms with Crippen LogP contribution in [0.1, 0.15) is 46.3 Å². The monoisotopic (exact) mass is 625 g/mol. The molecule has 2 aliphatic heterocycles. The van der Waals surface area contributed by atoms with Gasteiger partial charge in [0.2, 0.25) is 5.91 Å². The number of carbonyl (C=O) groups is 2. The predicted molar refractivity (Wildman–Crippen MR) is 184 cm³/mol. The van der Waals surface area contributed by atoms with Gasteiger partial charge in [-0.15, -0.1) is 0 Å². The van der Waals surface area contributed by atoms with Crippen LogP contribution in [0.4, 0.5) is 0 Å². The lowest BCUT2D eigenvalue weighted by Crippen LogP contribution is -2.51. The Kier molecular flexibility index (Phi) is 12.6. The van der Waals surface area contributed by atoms with E-state index < -0.39 is 0 Å². The molecule has 0 aliphatic carbocycles. The fraction of sp³-hybridized carbons (Fsp3) is 0.474. The molecule has 3 aromatic carbocycles. The van der Waals surface area contributed by atoms with Crippen molar-refractivity contribution in [1.82, 2.24) is 24.9 Å². The van der Waals surface area contributed by atoms with Crippen molar-refractivity contribution >= 4 is 11.8 Å². The molecule has 0 atom stereocenters. The van der Waals surface area contributed by atoms with E-state index in [1.807, 2.05) is 42.5 Å². The Bertz CT molecular complexity index is 1350. The lowest BCUT2D eigenvalue weighted by Gasteiger charge is -2.38. The fourth-order valence-corrected chi connectivity index (χ4v) is 6.33. The highest BCUT2D eigenvalue weighted by atomic mass is 16.5. The predicted octanol–water partition coefficient (Wildman–Crippen LogP) is 4.55. The molecule has 0 spiro atoms. The summed E-state index contributed by atoms with van der Waals surface area (Å²) in [5.41, 5.74) is 4.39. The van der Waals surface area contributed by atoms with Gasteiger partial charge < -0.3 is 19.9 Å². The highest BCUT2D eigenvalue weighted by Gasteiger charge is 2.30. The van der Waals surface area contributed by atoms with Crippen LogP contribution in [0.15, 0.2) is 78.9 Å². The number of nitrogens with one attached hydrogen (secondary N) is 1. The van der Waals surface area contributed by atoms with Crippen LogP contribution in [0.25, 0.3) is 0 Å². The minimum Gasteiger partial charge on any atom is -0.494 e. The Labute approximate surface area is 275 Å². The lowest BCUT2D eigenvalue weighted by molar-refractivity contribution is -0.139. The maximum absolute atomic E-state index is 13.4. The molecule has 0 radical (unpaired) electrons. The number of nitrogens with zero attached hydrogens (tertiary/aromatic N) is 4. The number of piperazine rings is 1. The molecule has 0 bridgehead atoms. The molecule has 8 nitrogen and oxygen atoms in total. The SMILES string of the molecule is CN(C)CCCOc1ccc(CN2CCC(C(=O)N3CCN(Cc4ccc(C(=O)NCCc5ccccc5)cc4)CC3)CC2)cc1. The van der Waals surface area contributed by atoms with Crippen molar-refractivity contribution in [2.75, 3.05) is 73.1 Å². The van der Waals surface area contributed by atoms with E-state index in [0.29, 0.717) is 18.0 Å². The van der Waals surface area contributed by atoms with E-state index in [9.17, 15) is 9.59 Å². The molecule has 246 valence electrons. The van der Waals surface area contributed by atoms with Crippen molar-refractivity contribution in [3.63, 3.8) is 0 Å². The topological polar surface area (TPSA) is 68.4 Å². The minimum absolute atomic E-state index is 0.0358. The number of carbonyl (C=O) groups excluding carboxylic acids is 2. The number of hydrogen-bond acceptors (Lipinski definition) is 6. The van der Waals surface area contributed by atoms with Gasteiger partial charge in [-0.05, 0) is 93.8 Å². The van der Waals surface area contributed by atoms with Crippen LogP contribution in [-0.2, 0) is 24.3 Å². The van der Waals surface area contributed by atoms with E-state index in [4.69, 9.17) is 4.74 Å². The van der Waals surface area contributed by atoms with Crippen LogP contribution >= 0.6 is 0 Å². The van der Waals surface area contributed by atoms with Crippen molar-refractivity contribution in [2.24, 2.45) is 5.92 Å². The molecule has 2 aliphatic rings. The zero-order valence-electron chi connectivity index (χ0n) is 27.7. The second-order valence-electron chi connectivity index (χ2n) is 13.0. The van der Waals surface area contributed by atoms with Crippen LogP contribution in [0.5, 0.6) is 5.75 Å². The summed E-state index contributed by atoms with van der Waals surface area (Å²) in [6, 6.07) is 26.6. The van der Waals surface area contributed by atoms with Gasteiger partial charge >= 0.3 is 0 Å². The van der Waals surface area contributed by atoms with Gasteiger partial charge in [-0.3, -0.25) is 19.4 Å². The highest BCUT2D eigenvalue weighted by Crippen LogP contribution is 2.23. The van der Waals surface area contributed by atoms with Crippen LogP contribution in [0, 0.1) is 5.92 Å². The second kappa shape index (κ2) is 17.3. The van der Waals surface area contributed by atoms with Gasteiger partial charge in [0.15, 0.2) is 0 Å². The molecular weight excluding hydrogens is 574 g/mol. The highest BCUT2D eigenvalue weighted by molar-refractivity contribution is 5.94. The molecule has 0 aromatic heterocycles. The van der Waals surface area contributed by atoms with E-state index in [1.54, 1.807) is 0 Å². The van der Waals surface area contributed by atoms with Gasteiger partial charge in [-0.2, -0.15) is 0 Å². The number of benzene rings is 3. The largest absolute Gasteiger partial charge is 0.494 e. The Morgan fingerprint density at radius 3 is 2.00 bits per heavy atom. The number of hydrogen-bond donors (Lipinski definition) is 1. The van der Waals surface area contributed by atoms with Gasteiger partial charge in [0.05, 0.1) is 6.61 Å². The fourth-order valence-electron chi connectivity index (χ4n) is 6.33. The van der Waals surface area contributed by atoms with Gasteiger partial charge in [-0.25, -0.2) is 0 Å². The van der Waals surface area contributed by atoms with E-state index in [0.717, 1.165) is 96.9 Å². The summed E-state index contributed by atoms with van der Waals surface area (Å²) in [4.78, 5) is 35.0. The average molecular weight is 626 g/mol. The van der Waals surface area contributed by atoms with Crippen molar-refractivity contribution in [2.45, 2.75) is 38.8 Å². The summed E-state index contributed by atoms with van der Waals surface area (Å²) in [7, 11) is 4.16. The molecule has 2 heterocycles. The Hall–Kier alpha value is -3.72. The second-order valence-corrected chi connectivity index (χ2v) is 13.0. The zero-order valence-corrected chi connectivity index (χ0v) is 27.7. The number of likely N-dealkylation sites (tertiary alicyclic amines) is 1. The molecule has 0 saturated carbocycles. The quantitative estimate of drug-likeness (QED) is 0.266.